The first-order valence-electron chi connectivity index (χ1n) is 13.0. The lowest BCUT2D eigenvalue weighted by Gasteiger charge is -2.25. The molecule has 3 aliphatic rings. The Labute approximate surface area is 221 Å². The quantitative estimate of drug-likeness (QED) is 0.427. The fraction of sp³-hybridized carbons (Fsp3) is 0.379. The standard InChI is InChI=1S/C29H30ClN5O2/c1-17-11-25(29(37)33-22-9-7-19(8-10-22)18-5-6-18)35(15-17)27-14-26(31-16-32-27)34-28(36)24-13-23(24)20-3-2-4-21(30)12-20/h2-4,7-10,12,14,16-18,23-25H,5-6,11,13,15H2,1H3,(H,33,37)(H,31,32,34,36)/t17-,23+,24-,25+/m0/s1. The summed E-state index contributed by atoms with van der Waals surface area (Å²) in [5.74, 6) is 2.07. The van der Waals surface area contributed by atoms with Crippen molar-refractivity contribution in [3.63, 3.8) is 0 Å². The van der Waals surface area contributed by atoms with E-state index in [-0.39, 0.29) is 29.7 Å². The van der Waals surface area contributed by atoms with Gasteiger partial charge in [0.25, 0.3) is 0 Å². The highest BCUT2D eigenvalue weighted by atomic mass is 35.5. The molecular weight excluding hydrogens is 486 g/mol. The summed E-state index contributed by atoms with van der Waals surface area (Å²) >= 11 is 6.11. The average Bonchev–Trinajstić information content (AvgIpc) is 3.82. The fourth-order valence-corrected chi connectivity index (χ4v) is 5.61. The molecule has 6 rings (SSSR count). The van der Waals surface area contributed by atoms with Crippen LogP contribution in [-0.2, 0) is 9.59 Å². The number of carbonyl (C=O) groups excluding carboxylic acids is 2. The van der Waals surface area contributed by atoms with E-state index < -0.39 is 0 Å². The van der Waals surface area contributed by atoms with Gasteiger partial charge >= 0.3 is 0 Å². The Balaban J connectivity index is 1.11. The van der Waals surface area contributed by atoms with E-state index in [0.717, 1.165) is 24.1 Å². The van der Waals surface area contributed by atoms with Gasteiger partial charge in [-0.2, -0.15) is 0 Å². The molecule has 7 nitrogen and oxygen atoms in total. The number of nitrogens with zero attached hydrogens (tertiary/aromatic N) is 3. The van der Waals surface area contributed by atoms with Gasteiger partial charge in [0, 0.05) is 29.2 Å². The average molecular weight is 516 g/mol. The Morgan fingerprint density at radius 3 is 2.51 bits per heavy atom. The first-order chi connectivity index (χ1) is 17.9. The van der Waals surface area contributed by atoms with Crippen LogP contribution in [0.2, 0.25) is 5.02 Å². The Morgan fingerprint density at radius 2 is 1.76 bits per heavy atom. The summed E-state index contributed by atoms with van der Waals surface area (Å²) < 4.78 is 0. The number of carbonyl (C=O) groups is 2. The van der Waals surface area contributed by atoms with Crippen LogP contribution in [0.1, 0.15) is 55.6 Å². The lowest BCUT2D eigenvalue weighted by atomic mass is 10.1. The zero-order valence-electron chi connectivity index (χ0n) is 20.7. The highest BCUT2D eigenvalue weighted by Crippen LogP contribution is 2.48. The number of aromatic nitrogens is 2. The van der Waals surface area contributed by atoms with Gasteiger partial charge in [-0.1, -0.05) is 42.8 Å². The van der Waals surface area contributed by atoms with Crippen molar-refractivity contribution in [2.75, 3.05) is 22.1 Å². The molecule has 2 saturated carbocycles. The maximum absolute atomic E-state index is 13.3. The van der Waals surface area contributed by atoms with E-state index in [0.29, 0.717) is 35.0 Å². The topological polar surface area (TPSA) is 87.2 Å². The van der Waals surface area contributed by atoms with Crippen LogP contribution in [-0.4, -0.2) is 34.4 Å². The van der Waals surface area contributed by atoms with Crippen LogP contribution in [0.15, 0.2) is 60.9 Å². The summed E-state index contributed by atoms with van der Waals surface area (Å²) in [6, 6.07) is 17.3. The monoisotopic (exact) mass is 515 g/mol. The van der Waals surface area contributed by atoms with Crippen LogP contribution < -0.4 is 15.5 Å². The van der Waals surface area contributed by atoms with Gasteiger partial charge in [-0.3, -0.25) is 9.59 Å². The van der Waals surface area contributed by atoms with Crippen molar-refractivity contribution in [2.24, 2.45) is 11.8 Å². The molecular formula is C29H30ClN5O2. The molecule has 1 saturated heterocycles. The molecule has 3 aromatic rings. The molecule has 0 unspecified atom stereocenters. The van der Waals surface area contributed by atoms with Gasteiger partial charge < -0.3 is 15.5 Å². The van der Waals surface area contributed by atoms with Gasteiger partial charge in [-0.05, 0) is 78.8 Å². The summed E-state index contributed by atoms with van der Waals surface area (Å²) in [4.78, 5) is 36.9. The fourth-order valence-electron chi connectivity index (χ4n) is 5.41. The van der Waals surface area contributed by atoms with Gasteiger partial charge in [-0.25, -0.2) is 9.97 Å². The highest BCUT2D eigenvalue weighted by Gasteiger charge is 2.44. The van der Waals surface area contributed by atoms with Gasteiger partial charge in [0.1, 0.15) is 24.0 Å². The second-order valence-electron chi connectivity index (χ2n) is 10.6. The first-order valence-corrected chi connectivity index (χ1v) is 13.4. The summed E-state index contributed by atoms with van der Waals surface area (Å²) in [6.45, 7) is 2.85. The number of anilines is 3. The highest BCUT2D eigenvalue weighted by molar-refractivity contribution is 6.30. The van der Waals surface area contributed by atoms with Gasteiger partial charge in [0.05, 0.1) is 0 Å². The molecule has 3 fully saturated rings. The molecule has 8 heteroatoms. The molecule has 1 aliphatic heterocycles. The number of nitrogens with one attached hydrogen (secondary N) is 2. The Kier molecular flexibility index (Phi) is 6.32. The minimum Gasteiger partial charge on any atom is -0.344 e. The van der Waals surface area contributed by atoms with Crippen molar-refractivity contribution in [1.29, 1.82) is 0 Å². The van der Waals surface area contributed by atoms with Crippen LogP contribution >= 0.6 is 11.6 Å². The molecule has 2 heterocycles. The third-order valence-electron chi connectivity index (χ3n) is 7.64. The number of rotatable bonds is 7. The normalized spacial score (nSPS) is 24.5. The van der Waals surface area contributed by atoms with Crippen molar-refractivity contribution in [1.82, 2.24) is 9.97 Å². The van der Waals surface area contributed by atoms with Gasteiger partial charge in [0.15, 0.2) is 0 Å². The molecule has 0 spiro atoms. The number of benzene rings is 2. The molecule has 0 bridgehead atoms. The van der Waals surface area contributed by atoms with Gasteiger partial charge in [-0.15, -0.1) is 0 Å². The van der Waals surface area contributed by atoms with E-state index >= 15 is 0 Å². The van der Waals surface area contributed by atoms with Crippen molar-refractivity contribution < 1.29 is 9.59 Å². The molecule has 37 heavy (non-hydrogen) atoms. The number of halogens is 1. The maximum Gasteiger partial charge on any atom is 0.247 e. The van der Waals surface area contributed by atoms with Crippen LogP contribution in [0.4, 0.5) is 17.3 Å². The molecule has 190 valence electrons. The van der Waals surface area contributed by atoms with E-state index in [2.05, 4.69) is 39.7 Å². The van der Waals surface area contributed by atoms with Crippen LogP contribution in [0.5, 0.6) is 0 Å². The molecule has 2 N–H and O–H groups in total. The predicted octanol–water partition coefficient (Wildman–Crippen LogP) is 5.60. The SMILES string of the molecule is C[C@H]1C[C@H](C(=O)Nc2ccc(C3CC3)cc2)N(c2cc(NC(=O)[C@H]3C[C@@H]3c3cccc(Cl)c3)ncn2)C1. The van der Waals surface area contributed by atoms with Crippen molar-refractivity contribution in [2.45, 2.75) is 50.5 Å². The smallest absolute Gasteiger partial charge is 0.247 e. The van der Waals surface area contributed by atoms with Crippen LogP contribution in [0, 0.1) is 11.8 Å². The summed E-state index contributed by atoms with van der Waals surface area (Å²) in [5, 5.41) is 6.71. The Morgan fingerprint density at radius 1 is 0.946 bits per heavy atom. The maximum atomic E-state index is 13.3. The van der Waals surface area contributed by atoms with E-state index in [1.807, 2.05) is 41.3 Å². The third-order valence-corrected chi connectivity index (χ3v) is 7.88. The first kappa shape index (κ1) is 23.9. The lowest BCUT2D eigenvalue weighted by molar-refractivity contribution is -0.118. The molecule has 2 aliphatic carbocycles. The molecule has 2 amide bonds. The third kappa shape index (κ3) is 5.32. The van der Waals surface area contributed by atoms with Gasteiger partial charge in [0.2, 0.25) is 11.8 Å². The number of hydrogen-bond acceptors (Lipinski definition) is 5. The second-order valence-corrected chi connectivity index (χ2v) is 11.1. The Hall–Kier alpha value is -3.45. The van der Waals surface area contributed by atoms with Crippen molar-refractivity contribution >= 4 is 40.7 Å². The van der Waals surface area contributed by atoms with Crippen LogP contribution in [0.25, 0.3) is 0 Å². The largest absolute Gasteiger partial charge is 0.344 e. The van der Waals surface area contributed by atoms with Crippen molar-refractivity contribution in [3.05, 3.63) is 77.1 Å². The zero-order chi connectivity index (χ0) is 25.5. The van der Waals surface area contributed by atoms with E-state index in [4.69, 9.17) is 11.6 Å². The molecule has 0 radical (unpaired) electrons. The minimum atomic E-state index is -0.341. The van der Waals surface area contributed by atoms with E-state index in [1.54, 1.807) is 6.07 Å². The molecule has 2 aromatic carbocycles. The van der Waals surface area contributed by atoms with E-state index in [9.17, 15) is 9.59 Å². The van der Waals surface area contributed by atoms with E-state index in [1.165, 1.54) is 24.7 Å². The van der Waals surface area contributed by atoms with Crippen LogP contribution in [0.3, 0.4) is 0 Å². The number of amides is 2. The molecule has 4 atom stereocenters. The molecule has 1 aromatic heterocycles. The number of hydrogen-bond donors (Lipinski definition) is 2. The Bertz CT molecular complexity index is 1330. The summed E-state index contributed by atoms with van der Waals surface area (Å²) in [6.07, 6.45) is 5.48. The van der Waals surface area contributed by atoms with Crippen molar-refractivity contribution in [3.8, 4) is 0 Å². The summed E-state index contributed by atoms with van der Waals surface area (Å²) in [5.41, 5.74) is 3.23. The summed E-state index contributed by atoms with van der Waals surface area (Å²) in [7, 11) is 0. The zero-order valence-corrected chi connectivity index (χ0v) is 21.5. The lowest BCUT2D eigenvalue weighted by Crippen LogP contribution is -2.40. The minimum absolute atomic E-state index is 0.0462. The second kappa shape index (κ2) is 9.78. The predicted molar refractivity (Wildman–Crippen MR) is 145 cm³/mol.